The van der Waals surface area contributed by atoms with Crippen LogP contribution in [0.5, 0.6) is 0 Å². The van der Waals surface area contributed by atoms with Crippen molar-refractivity contribution in [2.45, 2.75) is 32.9 Å². The normalized spacial score (nSPS) is 18.5. The van der Waals surface area contributed by atoms with Gasteiger partial charge in [-0.15, -0.1) is 0 Å². The van der Waals surface area contributed by atoms with Crippen LogP contribution < -0.4 is 0 Å². The Bertz CT molecular complexity index is 1020. The highest BCUT2D eigenvalue weighted by atomic mass is 79.9. The summed E-state index contributed by atoms with van der Waals surface area (Å²) in [6, 6.07) is 10.00. The third-order valence-electron chi connectivity index (χ3n) is 4.95. The Balaban J connectivity index is 2.13. The van der Waals surface area contributed by atoms with Crippen molar-refractivity contribution < 1.29 is 23.8 Å². The van der Waals surface area contributed by atoms with Crippen LogP contribution in [-0.2, 0) is 14.3 Å². The molecule has 1 aliphatic heterocycles. The van der Waals surface area contributed by atoms with Crippen LogP contribution in [0, 0.1) is 12.7 Å². The average Bonchev–Trinajstić information content (AvgIpc) is 2.94. The van der Waals surface area contributed by atoms with Crippen LogP contribution in [0.4, 0.5) is 4.39 Å². The lowest BCUT2D eigenvalue weighted by molar-refractivity contribution is -0.140. The van der Waals surface area contributed by atoms with Crippen LogP contribution in [0.3, 0.4) is 0 Å². The minimum atomic E-state index is -1.04. The van der Waals surface area contributed by atoms with Gasteiger partial charge in [0.15, 0.2) is 0 Å². The molecule has 0 spiro atoms. The Hall–Kier alpha value is -2.51. The molecule has 2 aromatic rings. The van der Waals surface area contributed by atoms with E-state index in [1.54, 1.807) is 24.3 Å². The van der Waals surface area contributed by atoms with Gasteiger partial charge in [-0.25, -0.2) is 4.39 Å². The van der Waals surface area contributed by atoms with Crippen molar-refractivity contribution in [2.75, 3.05) is 13.2 Å². The predicted octanol–water partition coefficient (Wildman–Crippen LogP) is 4.74. The average molecular weight is 476 g/mol. The minimum absolute atomic E-state index is 0.0560. The molecule has 2 aromatic carbocycles. The number of aliphatic hydroxyl groups is 1. The van der Waals surface area contributed by atoms with E-state index in [9.17, 15) is 19.1 Å². The first-order chi connectivity index (χ1) is 14.2. The van der Waals surface area contributed by atoms with Gasteiger partial charge in [-0.05, 0) is 44.5 Å². The van der Waals surface area contributed by atoms with Crippen molar-refractivity contribution in [3.63, 3.8) is 0 Å². The number of hydrogen-bond acceptors (Lipinski definition) is 4. The van der Waals surface area contributed by atoms with E-state index in [2.05, 4.69) is 15.9 Å². The van der Waals surface area contributed by atoms with Gasteiger partial charge in [0.1, 0.15) is 11.6 Å². The zero-order valence-corrected chi connectivity index (χ0v) is 18.6. The first-order valence-corrected chi connectivity index (χ1v) is 10.4. The molecule has 7 heteroatoms. The van der Waals surface area contributed by atoms with Crippen LogP contribution in [-0.4, -0.2) is 41.0 Å². The molecule has 1 heterocycles. The maximum absolute atomic E-state index is 14.7. The summed E-state index contributed by atoms with van der Waals surface area (Å²) in [7, 11) is 0. The number of halogens is 2. The van der Waals surface area contributed by atoms with Crippen molar-refractivity contribution in [2.24, 2.45) is 0 Å². The lowest BCUT2D eigenvalue weighted by atomic mass is 9.94. The van der Waals surface area contributed by atoms with Gasteiger partial charge in [0.05, 0.1) is 24.3 Å². The number of nitrogens with zero attached hydrogens (tertiary/aromatic N) is 1. The van der Waals surface area contributed by atoms with E-state index in [1.165, 1.54) is 23.1 Å². The molecule has 0 aliphatic carbocycles. The zero-order valence-electron chi connectivity index (χ0n) is 17.0. The maximum Gasteiger partial charge on any atom is 0.295 e. The van der Waals surface area contributed by atoms with Crippen molar-refractivity contribution >= 4 is 33.4 Å². The van der Waals surface area contributed by atoms with E-state index in [0.717, 1.165) is 10.0 Å². The number of aryl methyl sites for hydroxylation is 1. The summed E-state index contributed by atoms with van der Waals surface area (Å²) in [5.74, 6) is -2.52. The fourth-order valence-corrected chi connectivity index (χ4v) is 3.71. The third kappa shape index (κ3) is 4.32. The molecular weight excluding hydrogens is 453 g/mol. The van der Waals surface area contributed by atoms with E-state index < -0.39 is 23.5 Å². The molecule has 30 heavy (non-hydrogen) atoms. The van der Waals surface area contributed by atoms with E-state index >= 15 is 0 Å². The van der Waals surface area contributed by atoms with Gasteiger partial charge in [-0.3, -0.25) is 9.59 Å². The van der Waals surface area contributed by atoms with Crippen molar-refractivity contribution in [1.82, 2.24) is 4.90 Å². The van der Waals surface area contributed by atoms with Crippen LogP contribution >= 0.6 is 15.9 Å². The standard InChI is InChI=1S/C23H23BrFNO4/c1-13(2)30-11-10-26-20(16-6-4-5-7-18(16)25)19(22(28)23(26)29)21(27)15-8-9-17(24)14(3)12-15/h4-9,12-13,20,27H,10-11H2,1-3H3/b21-19+. The predicted molar refractivity (Wildman–Crippen MR) is 115 cm³/mol. The highest BCUT2D eigenvalue weighted by molar-refractivity contribution is 9.10. The van der Waals surface area contributed by atoms with Gasteiger partial charge in [-0.1, -0.05) is 40.2 Å². The summed E-state index contributed by atoms with van der Waals surface area (Å²) < 4.78 is 21.1. The molecular formula is C23H23BrFNO4. The van der Waals surface area contributed by atoms with E-state index in [-0.39, 0.29) is 36.2 Å². The van der Waals surface area contributed by atoms with E-state index in [1.807, 2.05) is 20.8 Å². The molecule has 1 saturated heterocycles. The number of carbonyl (C=O) groups excluding carboxylic acids is 2. The maximum atomic E-state index is 14.7. The fourth-order valence-electron chi connectivity index (χ4n) is 3.47. The number of Topliss-reactive ketones (excluding diaryl/α,β-unsaturated/α-hetero) is 1. The number of ether oxygens (including phenoxy) is 1. The minimum Gasteiger partial charge on any atom is -0.507 e. The topological polar surface area (TPSA) is 66.8 Å². The first kappa shape index (κ1) is 22.2. The Kier molecular flexibility index (Phi) is 6.73. The summed E-state index contributed by atoms with van der Waals surface area (Å²) in [5.41, 5.74) is 1.25. The second-order valence-corrected chi connectivity index (χ2v) is 8.25. The molecule has 158 valence electrons. The fraction of sp³-hybridized carbons (Fsp3) is 0.304. The van der Waals surface area contributed by atoms with Gasteiger partial charge in [0.2, 0.25) is 0 Å². The smallest absolute Gasteiger partial charge is 0.295 e. The second-order valence-electron chi connectivity index (χ2n) is 7.40. The first-order valence-electron chi connectivity index (χ1n) is 9.63. The molecule has 1 amide bonds. The number of hydrogen-bond donors (Lipinski definition) is 1. The lowest BCUT2D eigenvalue weighted by Crippen LogP contribution is -2.33. The van der Waals surface area contributed by atoms with Gasteiger partial charge in [-0.2, -0.15) is 0 Å². The lowest BCUT2D eigenvalue weighted by Gasteiger charge is -2.26. The molecule has 0 saturated carbocycles. The number of ketones is 1. The monoisotopic (exact) mass is 475 g/mol. The van der Waals surface area contributed by atoms with Crippen molar-refractivity contribution in [1.29, 1.82) is 0 Å². The molecule has 5 nitrogen and oxygen atoms in total. The van der Waals surface area contributed by atoms with Crippen LogP contribution in [0.15, 0.2) is 52.5 Å². The number of likely N-dealkylation sites (tertiary alicyclic amines) is 1. The Morgan fingerprint density at radius 2 is 1.93 bits per heavy atom. The number of carbonyl (C=O) groups is 2. The quantitative estimate of drug-likeness (QED) is 0.372. The van der Waals surface area contributed by atoms with Crippen LogP contribution in [0.25, 0.3) is 5.76 Å². The van der Waals surface area contributed by atoms with E-state index in [0.29, 0.717) is 5.56 Å². The van der Waals surface area contributed by atoms with Crippen LogP contribution in [0.2, 0.25) is 0 Å². The van der Waals surface area contributed by atoms with Gasteiger partial charge in [0.25, 0.3) is 11.7 Å². The van der Waals surface area contributed by atoms with Crippen molar-refractivity contribution in [3.05, 3.63) is 75.0 Å². The number of aliphatic hydroxyl groups excluding tert-OH is 1. The number of rotatable bonds is 6. The van der Waals surface area contributed by atoms with Gasteiger partial charge < -0.3 is 14.7 Å². The molecule has 1 N–H and O–H groups in total. The van der Waals surface area contributed by atoms with Gasteiger partial charge >= 0.3 is 0 Å². The molecule has 1 fully saturated rings. The summed E-state index contributed by atoms with van der Waals surface area (Å²) >= 11 is 3.40. The van der Waals surface area contributed by atoms with Crippen molar-refractivity contribution in [3.8, 4) is 0 Å². The molecule has 1 atom stereocenters. The third-order valence-corrected chi connectivity index (χ3v) is 5.84. The van der Waals surface area contributed by atoms with Crippen LogP contribution in [0.1, 0.15) is 36.6 Å². The SMILES string of the molecule is Cc1cc(/C(O)=C2\C(=O)C(=O)N(CCOC(C)C)C2c2ccccc2F)ccc1Br. The van der Waals surface area contributed by atoms with Gasteiger partial charge in [0, 0.05) is 22.1 Å². The number of benzene rings is 2. The highest BCUT2D eigenvalue weighted by Crippen LogP contribution is 2.40. The Morgan fingerprint density at radius 1 is 1.23 bits per heavy atom. The molecule has 0 aromatic heterocycles. The molecule has 1 unspecified atom stereocenters. The molecule has 3 rings (SSSR count). The second kappa shape index (κ2) is 9.10. The molecule has 0 radical (unpaired) electrons. The summed E-state index contributed by atoms with van der Waals surface area (Å²) in [6.07, 6.45) is -0.0560. The summed E-state index contributed by atoms with van der Waals surface area (Å²) in [4.78, 5) is 26.9. The zero-order chi connectivity index (χ0) is 22.0. The summed E-state index contributed by atoms with van der Waals surface area (Å²) in [6.45, 7) is 5.85. The molecule has 1 aliphatic rings. The Morgan fingerprint density at radius 3 is 2.57 bits per heavy atom. The number of amides is 1. The van der Waals surface area contributed by atoms with E-state index in [4.69, 9.17) is 4.74 Å². The Labute approximate surface area is 183 Å². The summed E-state index contributed by atoms with van der Waals surface area (Å²) in [5, 5.41) is 11.0. The molecule has 0 bridgehead atoms. The highest BCUT2D eigenvalue weighted by Gasteiger charge is 2.46. The largest absolute Gasteiger partial charge is 0.507 e.